The summed E-state index contributed by atoms with van der Waals surface area (Å²) in [7, 11) is -4.09. The van der Waals surface area contributed by atoms with E-state index in [1.807, 2.05) is 17.3 Å². The Morgan fingerprint density at radius 3 is 2.52 bits per heavy atom. The highest BCUT2D eigenvalue weighted by molar-refractivity contribution is 7.98. The van der Waals surface area contributed by atoms with Crippen LogP contribution >= 0.6 is 11.8 Å². The Bertz CT molecular complexity index is 884. The molecule has 0 aliphatic carbocycles. The van der Waals surface area contributed by atoms with Crippen molar-refractivity contribution in [2.45, 2.75) is 16.7 Å². The van der Waals surface area contributed by atoms with E-state index in [0.717, 1.165) is 4.90 Å². The van der Waals surface area contributed by atoms with Gasteiger partial charge in [0.15, 0.2) is 4.90 Å². The van der Waals surface area contributed by atoms with Gasteiger partial charge in [-0.3, -0.25) is 14.5 Å². The predicted octanol–water partition coefficient (Wildman–Crippen LogP) is 0.894. The highest BCUT2D eigenvalue weighted by Crippen LogP contribution is 2.21. The molecule has 0 atom stereocenters. The highest BCUT2D eigenvalue weighted by Gasteiger charge is 2.22. The van der Waals surface area contributed by atoms with Crippen LogP contribution in [0, 0.1) is 6.92 Å². The number of hydrogen-bond acceptors (Lipinski definition) is 5. The van der Waals surface area contributed by atoms with Crippen LogP contribution < -0.4 is 16.0 Å². The third-order valence-corrected chi connectivity index (χ3v) is 4.92. The maximum atomic E-state index is 12.3. The summed E-state index contributed by atoms with van der Waals surface area (Å²) in [6.45, 7) is 1.35. The van der Waals surface area contributed by atoms with E-state index in [1.54, 1.807) is 18.2 Å². The van der Waals surface area contributed by atoms with E-state index in [2.05, 4.69) is 9.71 Å². The normalized spacial score (nSPS) is 11.3. The van der Waals surface area contributed by atoms with Gasteiger partial charge in [-0.15, -0.1) is 11.8 Å². The van der Waals surface area contributed by atoms with E-state index >= 15 is 0 Å². The van der Waals surface area contributed by atoms with Gasteiger partial charge in [-0.2, -0.15) is 0 Å². The fourth-order valence-corrected chi connectivity index (χ4v) is 3.55. The molecule has 0 spiro atoms. The molecule has 21 heavy (non-hydrogen) atoms. The second kappa shape index (κ2) is 5.78. The Hall–Kier alpha value is -2.00. The number of benzene rings is 1. The van der Waals surface area contributed by atoms with Crippen LogP contribution in [-0.2, 0) is 10.0 Å². The van der Waals surface area contributed by atoms with E-state index in [9.17, 15) is 18.0 Å². The first-order valence-corrected chi connectivity index (χ1v) is 8.54. The monoisotopic (exact) mass is 327 g/mol. The second-order valence-electron chi connectivity index (χ2n) is 4.20. The quantitative estimate of drug-likeness (QED) is 0.722. The van der Waals surface area contributed by atoms with E-state index in [4.69, 9.17) is 0 Å². The zero-order chi connectivity index (χ0) is 15.6. The maximum Gasteiger partial charge on any atom is 0.325 e. The summed E-state index contributed by atoms with van der Waals surface area (Å²) in [5, 5.41) is 0. The molecule has 0 bridgehead atoms. The number of aromatic nitrogens is 2. The van der Waals surface area contributed by atoms with Crippen molar-refractivity contribution in [2.24, 2.45) is 0 Å². The first-order valence-electron chi connectivity index (χ1n) is 5.83. The molecule has 0 aliphatic rings. The van der Waals surface area contributed by atoms with E-state index in [1.165, 1.54) is 18.7 Å². The van der Waals surface area contributed by atoms with Gasteiger partial charge >= 0.3 is 5.69 Å². The molecule has 1 aromatic heterocycles. The molecule has 2 rings (SSSR count). The summed E-state index contributed by atoms with van der Waals surface area (Å²) in [4.78, 5) is 27.4. The fourth-order valence-electron chi connectivity index (χ4n) is 1.80. The molecule has 112 valence electrons. The van der Waals surface area contributed by atoms with Crippen molar-refractivity contribution in [2.75, 3.05) is 11.0 Å². The minimum absolute atomic E-state index is 0.0164. The SMILES string of the molecule is CSc1cccc(NS(=O)(=O)c2c(C)[nH]c(=O)[nH]c2=O)c1. The second-order valence-corrected chi connectivity index (χ2v) is 6.70. The van der Waals surface area contributed by atoms with Gasteiger partial charge in [-0.05, 0) is 31.4 Å². The molecule has 0 saturated heterocycles. The van der Waals surface area contributed by atoms with Crippen LogP contribution in [0.1, 0.15) is 5.69 Å². The summed E-state index contributed by atoms with van der Waals surface area (Å²) in [5.41, 5.74) is -1.38. The number of anilines is 1. The number of aromatic amines is 2. The van der Waals surface area contributed by atoms with Crippen molar-refractivity contribution in [3.63, 3.8) is 0 Å². The largest absolute Gasteiger partial charge is 0.325 e. The average molecular weight is 327 g/mol. The molecule has 0 amide bonds. The van der Waals surface area contributed by atoms with Crippen LogP contribution in [0.4, 0.5) is 5.69 Å². The standard InChI is InChI=1S/C12H13N3O4S2/c1-7-10(11(16)14-12(17)13-7)21(18,19)15-8-4-3-5-9(6-8)20-2/h3-6,15H,1-2H3,(H2,13,14,16,17). The van der Waals surface area contributed by atoms with Crippen molar-refractivity contribution in [3.8, 4) is 0 Å². The molecular weight excluding hydrogens is 314 g/mol. The van der Waals surface area contributed by atoms with Crippen molar-refractivity contribution >= 4 is 27.5 Å². The van der Waals surface area contributed by atoms with E-state index in [-0.39, 0.29) is 5.69 Å². The molecule has 0 aliphatic heterocycles. The Morgan fingerprint density at radius 2 is 1.90 bits per heavy atom. The van der Waals surface area contributed by atoms with Crippen LogP contribution in [0.5, 0.6) is 0 Å². The summed E-state index contributed by atoms with van der Waals surface area (Å²) in [5.74, 6) is 0. The fraction of sp³-hybridized carbons (Fsp3) is 0.167. The number of aryl methyl sites for hydroxylation is 1. The van der Waals surface area contributed by atoms with Crippen LogP contribution in [0.25, 0.3) is 0 Å². The number of hydrogen-bond donors (Lipinski definition) is 3. The molecule has 0 fully saturated rings. The lowest BCUT2D eigenvalue weighted by molar-refractivity contribution is 0.598. The van der Waals surface area contributed by atoms with Crippen molar-refractivity contribution in [1.29, 1.82) is 0 Å². The van der Waals surface area contributed by atoms with E-state index < -0.39 is 26.2 Å². The van der Waals surface area contributed by atoms with Crippen LogP contribution in [0.15, 0.2) is 43.6 Å². The molecule has 3 N–H and O–H groups in total. The lowest BCUT2D eigenvalue weighted by atomic mass is 10.3. The third kappa shape index (κ3) is 3.37. The summed E-state index contributed by atoms with van der Waals surface area (Å²) in [6.07, 6.45) is 1.87. The number of thioether (sulfide) groups is 1. The van der Waals surface area contributed by atoms with Crippen molar-refractivity contribution in [1.82, 2.24) is 9.97 Å². The van der Waals surface area contributed by atoms with Crippen LogP contribution in [0.3, 0.4) is 0 Å². The lowest BCUT2D eigenvalue weighted by Crippen LogP contribution is -2.31. The van der Waals surface area contributed by atoms with Crippen molar-refractivity contribution in [3.05, 3.63) is 50.8 Å². The van der Waals surface area contributed by atoms with Crippen LogP contribution in [0.2, 0.25) is 0 Å². The molecule has 0 saturated carbocycles. The van der Waals surface area contributed by atoms with Gasteiger partial charge < -0.3 is 4.98 Å². The molecule has 9 heteroatoms. The molecule has 0 radical (unpaired) electrons. The Balaban J connectivity index is 2.48. The third-order valence-electron chi connectivity index (χ3n) is 2.67. The van der Waals surface area contributed by atoms with Gasteiger partial charge in [0.1, 0.15) is 0 Å². The van der Waals surface area contributed by atoms with Crippen LogP contribution in [-0.4, -0.2) is 24.6 Å². The minimum atomic E-state index is -4.09. The van der Waals surface area contributed by atoms with Gasteiger partial charge in [0.25, 0.3) is 15.6 Å². The molecule has 7 nitrogen and oxygen atoms in total. The Kier molecular flexibility index (Phi) is 4.24. The average Bonchev–Trinajstić information content (AvgIpc) is 2.36. The number of nitrogens with one attached hydrogen (secondary N) is 3. The molecule has 1 aromatic carbocycles. The van der Waals surface area contributed by atoms with Gasteiger partial charge in [0, 0.05) is 16.3 Å². The highest BCUT2D eigenvalue weighted by atomic mass is 32.2. The maximum absolute atomic E-state index is 12.3. The summed E-state index contributed by atoms with van der Waals surface area (Å²) >= 11 is 1.46. The topological polar surface area (TPSA) is 112 Å². The minimum Gasteiger partial charge on any atom is -0.310 e. The zero-order valence-electron chi connectivity index (χ0n) is 11.3. The molecule has 2 aromatic rings. The molecular formula is C12H13N3O4S2. The number of rotatable bonds is 4. The van der Waals surface area contributed by atoms with Gasteiger partial charge in [0.2, 0.25) is 0 Å². The molecule has 1 heterocycles. The summed E-state index contributed by atoms with van der Waals surface area (Å²) in [6, 6.07) is 6.76. The zero-order valence-corrected chi connectivity index (χ0v) is 12.9. The Labute approximate surface area is 124 Å². The summed E-state index contributed by atoms with van der Waals surface area (Å²) < 4.78 is 26.9. The van der Waals surface area contributed by atoms with E-state index in [0.29, 0.717) is 5.69 Å². The lowest BCUT2D eigenvalue weighted by Gasteiger charge is -2.09. The first-order chi connectivity index (χ1) is 9.83. The smallest absolute Gasteiger partial charge is 0.310 e. The predicted molar refractivity (Wildman–Crippen MR) is 81.5 cm³/mol. The Morgan fingerprint density at radius 1 is 1.19 bits per heavy atom. The number of H-pyrrole nitrogens is 2. The van der Waals surface area contributed by atoms with Crippen molar-refractivity contribution < 1.29 is 8.42 Å². The number of sulfonamides is 1. The molecule has 0 unspecified atom stereocenters. The van der Waals surface area contributed by atoms with Gasteiger partial charge in [0.05, 0.1) is 0 Å². The van der Waals surface area contributed by atoms with Gasteiger partial charge in [-0.25, -0.2) is 13.2 Å². The van der Waals surface area contributed by atoms with Gasteiger partial charge in [-0.1, -0.05) is 6.07 Å². The first kappa shape index (κ1) is 15.4.